The number of carbonyl (C=O) groups is 1. The number of amides is 1. The predicted molar refractivity (Wildman–Crippen MR) is 82.0 cm³/mol. The van der Waals surface area contributed by atoms with E-state index >= 15 is 0 Å². The predicted octanol–water partition coefficient (Wildman–Crippen LogP) is 1.85. The van der Waals surface area contributed by atoms with Crippen LogP contribution in [0, 0.1) is 0 Å². The Morgan fingerprint density at radius 3 is 2.71 bits per heavy atom. The van der Waals surface area contributed by atoms with E-state index in [1.165, 1.54) is 0 Å². The molecule has 1 aliphatic carbocycles. The summed E-state index contributed by atoms with van der Waals surface area (Å²) >= 11 is 0. The Balaban J connectivity index is 1.70. The van der Waals surface area contributed by atoms with E-state index in [1.807, 2.05) is 0 Å². The van der Waals surface area contributed by atoms with E-state index in [4.69, 9.17) is 10.5 Å². The molecule has 0 radical (unpaired) electrons. The van der Waals surface area contributed by atoms with Crippen LogP contribution in [0.2, 0.25) is 0 Å². The van der Waals surface area contributed by atoms with Gasteiger partial charge in [-0.15, -0.1) is 0 Å². The van der Waals surface area contributed by atoms with E-state index in [1.54, 1.807) is 24.3 Å². The van der Waals surface area contributed by atoms with E-state index < -0.39 is 6.10 Å². The minimum absolute atomic E-state index is 0.0728. The van der Waals surface area contributed by atoms with Crippen LogP contribution in [0.5, 0.6) is 5.75 Å². The van der Waals surface area contributed by atoms with Gasteiger partial charge in [0.1, 0.15) is 5.75 Å². The molecule has 2 atom stereocenters. The zero-order valence-electron chi connectivity index (χ0n) is 12.3. The van der Waals surface area contributed by atoms with Crippen molar-refractivity contribution in [2.24, 2.45) is 0 Å². The number of aliphatic hydroxyl groups is 1. The number of carbonyl (C=O) groups excluding carboxylic acids is 1. The third-order valence-corrected chi connectivity index (χ3v) is 3.80. The Hall–Kier alpha value is -1.75. The van der Waals surface area contributed by atoms with E-state index in [0.717, 1.165) is 32.1 Å². The van der Waals surface area contributed by atoms with Crippen molar-refractivity contribution in [3.63, 3.8) is 0 Å². The second-order valence-corrected chi connectivity index (χ2v) is 5.55. The Bertz CT molecular complexity index is 447. The first-order valence-electron chi connectivity index (χ1n) is 7.61. The molecule has 116 valence electrons. The molecule has 4 N–H and O–H groups in total. The SMILES string of the molecule is Nc1ccc(OCCC(=O)NC2CCCCCC2O)cc1. The number of hydrogen-bond acceptors (Lipinski definition) is 4. The minimum Gasteiger partial charge on any atom is -0.493 e. The lowest BCUT2D eigenvalue weighted by atomic mass is 10.1. The van der Waals surface area contributed by atoms with Gasteiger partial charge in [0.15, 0.2) is 0 Å². The molecule has 0 aromatic heterocycles. The van der Waals surface area contributed by atoms with Crippen molar-refractivity contribution >= 4 is 11.6 Å². The highest BCUT2D eigenvalue weighted by Gasteiger charge is 2.22. The summed E-state index contributed by atoms with van der Waals surface area (Å²) in [4.78, 5) is 11.9. The van der Waals surface area contributed by atoms with Crippen molar-refractivity contribution in [3.8, 4) is 5.75 Å². The lowest BCUT2D eigenvalue weighted by Crippen LogP contribution is -2.43. The van der Waals surface area contributed by atoms with E-state index in [0.29, 0.717) is 18.0 Å². The number of rotatable bonds is 5. The zero-order valence-corrected chi connectivity index (χ0v) is 12.3. The van der Waals surface area contributed by atoms with Gasteiger partial charge in [-0.1, -0.05) is 19.3 Å². The molecule has 0 spiro atoms. The third kappa shape index (κ3) is 5.27. The van der Waals surface area contributed by atoms with Crippen LogP contribution in [0.4, 0.5) is 5.69 Å². The normalized spacial score (nSPS) is 22.3. The largest absolute Gasteiger partial charge is 0.493 e. The molecular weight excluding hydrogens is 268 g/mol. The van der Waals surface area contributed by atoms with Gasteiger partial charge in [-0.3, -0.25) is 4.79 Å². The summed E-state index contributed by atoms with van der Waals surface area (Å²) in [5.41, 5.74) is 6.27. The fourth-order valence-corrected chi connectivity index (χ4v) is 2.56. The average Bonchev–Trinajstić information content (AvgIpc) is 2.66. The third-order valence-electron chi connectivity index (χ3n) is 3.80. The van der Waals surface area contributed by atoms with Crippen LogP contribution in [-0.2, 0) is 4.79 Å². The molecule has 1 saturated carbocycles. The van der Waals surface area contributed by atoms with Crippen molar-refractivity contribution in [1.82, 2.24) is 5.32 Å². The maximum Gasteiger partial charge on any atom is 0.223 e. The van der Waals surface area contributed by atoms with Crippen LogP contribution in [0.3, 0.4) is 0 Å². The van der Waals surface area contributed by atoms with Gasteiger partial charge in [0.2, 0.25) is 5.91 Å². The molecule has 0 bridgehead atoms. The molecule has 1 amide bonds. The molecule has 1 fully saturated rings. The lowest BCUT2D eigenvalue weighted by Gasteiger charge is -2.21. The number of aliphatic hydroxyl groups excluding tert-OH is 1. The molecule has 0 aliphatic heterocycles. The van der Waals surface area contributed by atoms with Crippen LogP contribution in [-0.4, -0.2) is 29.8 Å². The maximum absolute atomic E-state index is 11.9. The molecule has 1 aromatic rings. The Labute approximate surface area is 125 Å². The number of hydrogen-bond donors (Lipinski definition) is 3. The quantitative estimate of drug-likeness (QED) is 0.571. The lowest BCUT2D eigenvalue weighted by molar-refractivity contribution is -0.123. The van der Waals surface area contributed by atoms with Crippen LogP contribution < -0.4 is 15.8 Å². The summed E-state index contributed by atoms with van der Waals surface area (Å²) in [6.45, 7) is 0.318. The smallest absolute Gasteiger partial charge is 0.223 e. The number of nitrogens with one attached hydrogen (secondary N) is 1. The van der Waals surface area contributed by atoms with Gasteiger partial charge in [0.05, 0.1) is 25.2 Å². The van der Waals surface area contributed by atoms with Crippen molar-refractivity contribution < 1.29 is 14.6 Å². The van der Waals surface area contributed by atoms with Gasteiger partial charge in [-0.05, 0) is 37.1 Å². The molecule has 0 saturated heterocycles. The number of anilines is 1. The van der Waals surface area contributed by atoms with Gasteiger partial charge in [-0.25, -0.2) is 0 Å². The number of nitrogen functional groups attached to an aromatic ring is 1. The van der Waals surface area contributed by atoms with Crippen molar-refractivity contribution in [2.45, 2.75) is 50.7 Å². The van der Waals surface area contributed by atoms with E-state index in [9.17, 15) is 9.90 Å². The molecule has 5 nitrogen and oxygen atoms in total. The average molecular weight is 292 g/mol. The molecule has 1 aromatic carbocycles. The van der Waals surface area contributed by atoms with Gasteiger partial charge < -0.3 is 20.9 Å². The first kappa shape index (κ1) is 15.6. The number of nitrogens with two attached hydrogens (primary N) is 1. The first-order chi connectivity index (χ1) is 10.1. The summed E-state index contributed by atoms with van der Waals surface area (Å²) in [5.74, 6) is 0.628. The highest BCUT2D eigenvalue weighted by Crippen LogP contribution is 2.18. The second kappa shape index (κ2) is 7.88. The van der Waals surface area contributed by atoms with E-state index in [2.05, 4.69) is 5.32 Å². The molecule has 2 unspecified atom stereocenters. The van der Waals surface area contributed by atoms with Crippen LogP contribution in [0.15, 0.2) is 24.3 Å². The Morgan fingerprint density at radius 2 is 1.95 bits per heavy atom. The van der Waals surface area contributed by atoms with Crippen molar-refractivity contribution in [2.75, 3.05) is 12.3 Å². The summed E-state index contributed by atoms with van der Waals surface area (Å²) in [5, 5.41) is 12.9. The molecule has 5 heteroatoms. The monoisotopic (exact) mass is 292 g/mol. The van der Waals surface area contributed by atoms with Gasteiger partial charge in [0.25, 0.3) is 0 Å². The molecule has 21 heavy (non-hydrogen) atoms. The molecule has 0 heterocycles. The van der Waals surface area contributed by atoms with Crippen LogP contribution in [0.1, 0.15) is 38.5 Å². The molecule has 1 aliphatic rings. The van der Waals surface area contributed by atoms with Crippen LogP contribution >= 0.6 is 0 Å². The first-order valence-corrected chi connectivity index (χ1v) is 7.61. The second-order valence-electron chi connectivity index (χ2n) is 5.55. The summed E-state index contributed by atoms with van der Waals surface area (Å²) in [6, 6.07) is 6.97. The highest BCUT2D eigenvalue weighted by atomic mass is 16.5. The van der Waals surface area contributed by atoms with Crippen molar-refractivity contribution in [3.05, 3.63) is 24.3 Å². The minimum atomic E-state index is -0.422. The zero-order chi connectivity index (χ0) is 15.1. The van der Waals surface area contributed by atoms with Gasteiger partial charge in [-0.2, -0.15) is 0 Å². The standard InChI is InChI=1S/C16H24N2O3/c17-12-6-8-13(9-7-12)21-11-10-16(20)18-14-4-2-1-3-5-15(14)19/h6-9,14-15,19H,1-5,10-11,17H2,(H,18,20). The fraction of sp³-hybridized carbons (Fsp3) is 0.562. The number of ether oxygens (including phenoxy) is 1. The Kier molecular flexibility index (Phi) is 5.87. The summed E-state index contributed by atoms with van der Waals surface area (Å²) < 4.78 is 5.49. The fourth-order valence-electron chi connectivity index (χ4n) is 2.56. The number of benzene rings is 1. The van der Waals surface area contributed by atoms with E-state index in [-0.39, 0.29) is 18.4 Å². The highest BCUT2D eigenvalue weighted by molar-refractivity contribution is 5.76. The van der Waals surface area contributed by atoms with Crippen molar-refractivity contribution in [1.29, 1.82) is 0 Å². The maximum atomic E-state index is 11.9. The summed E-state index contributed by atoms with van der Waals surface area (Å²) in [7, 11) is 0. The topological polar surface area (TPSA) is 84.6 Å². The van der Waals surface area contributed by atoms with Gasteiger partial charge >= 0.3 is 0 Å². The van der Waals surface area contributed by atoms with Gasteiger partial charge in [0, 0.05) is 5.69 Å². The molecule has 2 rings (SSSR count). The molecular formula is C16H24N2O3. The Morgan fingerprint density at radius 1 is 1.24 bits per heavy atom. The summed E-state index contributed by atoms with van der Waals surface area (Å²) in [6.07, 6.45) is 4.71. The van der Waals surface area contributed by atoms with Crippen LogP contribution in [0.25, 0.3) is 0 Å².